The van der Waals surface area contributed by atoms with Gasteiger partial charge in [0.25, 0.3) is 0 Å². The Balaban J connectivity index is 1.86. The number of hydrogen-bond acceptors (Lipinski definition) is 3. The molecule has 2 aromatic heterocycles. The molecule has 0 N–H and O–H groups in total. The van der Waals surface area contributed by atoms with E-state index in [0.29, 0.717) is 11.7 Å². The zero-order valence-electron chi connectivity index (χ0n) is 10.6. The van der Waals surface area contributed by atoms with Crippen LogP contribution in [-0.2, 0) is 0 Å². The van der Waals surface area contributed by atoms with Gasteiger partial charge in [0.1, 0.15) is 0 Å². The Labute approximate surface area is 116 Å². The molecule has 2 heterocycles. The molecule has 0 bridgehead atoms. The smallest absolute Gasteiger partial charge is 0.176 e. The van der Waals surface area contributed by atoms with Crippen molar-refractivity contribution in [2.75, 3.05) is 0 Å². The molecule has 2 unspecified atom stereocenters. The molecule has 3 rings (SSSR count). The number of thiophene rings is 2. The zero-order chi connectivity index (χ0) is 12.5. The lowest BCUT2D eigenvalue weighted by Gasteiger charge is -2.29. The van der Waals surface area contributed by atoms with Gasteiger partial charge in [-0.2, -0.15) is 0 Å². The predicted molar refractivity (Wildman–Crippen MR) is 79.8 cm³/mol. The van der Waals surface area contributed by atoms with Crippen molar-refractivity contribution in [3.05, 3.63) is 22.4 Å². The molecule has 0 amide bonds. The van der Waals surface area contributed by atoms with E-state index in [-0.39, 0.29) is 5.92 Å². The molecule has 0 saturated heterocycles. The van der Waals surface area contributed by atoms with Crippen LogP contribution in [-0.4, -0.2) is 5.78 Å². The molecule has 0 aromatic carbocycles. The summed E-state index contributed by atoms with van der Waals surface area (Å²) in [6.07, 6.45) is 6.03. The van der Waals surface area contributed by atoms with Crippen LogP contribution in [0.5, 0.6) is 0 Å². The highest BCUT2D eigenvalue weighted by atomic mass is 32.1. The second-order valence-corrected chi connectivity index (χ2v) is 7.21. The number of Topliss-reactive ketones (excluding diaryl/α,β-unsaturated/α-hetero) is 1. The lowest BCUT2D eigenvalue weighted by molar-refractivity contribution is 0.0825. The van der Waals surface area contributed by atoms with E-state index in [4.69, 9.17) is 0 Å². The zero-order valence-corrected chi connectivity index (χ0v) is 12.3. The van der Waals surface area contributed by atoms with Crippen LogP contribution in [0.2, 0.25) is 0 Å². The summed E-state index contributed by atoms with van der Waals surface area (Å²) in [5, 5.41) is 2.10. The first-order valence-electron chi connectivity index (χ1n) is 6.81. The van der Waals surface area contributed by atoms with Crippen molar-refractivity contribution in [1.82, 2.24) is 0 Å². The van der Waals surface area contributed by atoms with Gasteiger partial charge in [0.05, 0.1) is 4.88 Å². The highest BCUT2D eigenvalue weighted by Crippen LogP contribution is 2.38. The minimum absolute atomic E-state index is 0.288. The van der Waals surface area contributed by atoms with Crippen LogP contribution in [0.3, 0.4) is 0 Å². The molecule has 1 aliphatic rings. The van der Waals surface area contributed by atoms with Gasteiger partial charge in [0.15, 0.2) is 5.78 Å². The van der Waals surface area contributed by atoms with Crippen LogP contribution < -0.4 is 0 Å². The Bertz CT molecular complexity index is 523. The van der Waals surface area contributed by atoms with Gasteiger partial charge < -0.3 is 0 Å². The molecule has 0 radical (unpaired) electrons. The molecule has 96 valence electrons. The van der Waals surface area contributed by atoms with Crippen molar-refractivity contribution in [1.29, 1.82) is 0 Å². The van der Waals surface area contributed by atoms with Crippen molar-refractivity contribution in [3.8, 4) is 0 Å². The third kappa shape index (κ3) is 2.14. The highest BCUT2D eigenvalue weighted by molar-refractivity contribution is 7.27. The minimum atomic E-state index is 0.288. The van der Waals surface area contributed by atoms with Gasteiger partial charge in [-0.3, -0.25) is 4.79 Å². The summed E-state index contributed by atoms with van der Waals surface area (Å²) < 4.78 is 2.54. The summed E-state index contributed by atoms with van der Waals surface area (Å²) >= 11 is 3.42. The number of fused-ring (bicyclic) bond motifs is 1. The van der Waals surface area contributed by atoms with Crippen molar-refractivity contribution in [2.45, 2.75) is 39.0 Å². The first-order chi connectivity index (χ1) is 8.79. The monoisotopic (exact) mass is 278 g/mol. The summed E-state index contributed by atoms with van der Waals surface area (Å²) in [5.41, 5.74) is 0. The average Bonchev–Trinajstić information content (AvgIpc) is 2.98. The molecule has 3 heteroatoms. The topological polar surface area (TPSA) is 17.1 Å². The van der Waals surface area contributed by atoms with Gasteiger partial charge in [-0.05, 0) is 36.3 Å². The molecule has 2 aromatic rings. The maximum atomic E-state index is 12.7. The molecule has 1 fully saturated rings. The van der Waals surface area contributed by atoms with Crippen LogP contribution in [0.25, 0.3) is 9.40 Å². The molecule has 1 aliphatic carbocycles. The van der Waals surface area contributed by atoms with Gasteiger partial charge in [-0.15, -0.1) is 22.7 Å². The summed E-state index contributed by atoms with van der Waals surface area (Å²) in [4.78, 5) is 13.6. The molecular formula is C15H18OS2. The molecule has 0 spiro atoms. The van der Waals surface area contributed by atoms with Gasteiger partial charge >= 0.3 is 0 Å². The van der Waals surface area contributed by atoms with Gasteiger partial charge in [0, 0.05) is 15.3 Å². The third-order valence-corrected chi connectivity index (χ3v) is 6.26. The maximum absolute atomic E-state index is 12.7. The Kier molecular flexibility index (Phi) is 3.53. The van der Waals surface area contributed by atoms with E-state index in [2.05, 4.69) is 24.4 Å². The van der Waals surface area contributed by atoms with Crippen LogP contribution in [0.4, 0.5) is 0 Å². The van der Waals surface area contributed by atoms with Crippen LogP contribution >= 0.6 is 22.7 Å². The minimum Gasteiger partial charge on any atom is -0.293 e. The number of carbonyl (C=O) groups is 1. The van der Waals surface area contributed by atoms with E-state index >= 15 is 0 Å². The van der Waals surface area contributed by atoms with Crippen molar-refractivity contribution < 1.29 is 4.79 Å². The van der Waals surface area contributed by atoms with E-state index in [1.807, 2.05) is 0 Å². The maximum Gasteiger partial charge on any atom is 0.176 e. The first-order valence-corrected chi connectivity index (χ1v) is 8.50. The number of rotatable bonds is 3. The van der Waals surface area contributed by atoms with Crippen LogP contribution in [0.15, 0.2) is 17.5 Å². The summed E-state index contributed by atoms with van der Waals surface area (Å²) in [5.74, 6) is 1.32. The third-order valence-electron chi connectivity index (χ3n) is 4.15. The SMILES string of the molecule is CCC1CCCCC1C(=O)c1cc2sccc2s1. The lowest BCUT2D eigenvalue weighted by Crippen LogP contribution is -2.26. The quantitative estimate of drug-likeness (QED) is 0.690. The van der Waals surface area contributed by atoms with Gasteiger partial charge in [-0.1, -0.05) is 26.2 Å². The highest BCUT2D eigenvalue weighted by Gasteiger charge is 2.31. The van der Waals surface area contributed by atoms with E-state index in [9.17, 15) is 4.79 Å². The summed E-state index contributed by atoms with van der Waals surface area (Å²) in [6.45, 7) is 2.23. The average molecular weight is 278 g/mol. The number of carbonyl (C=O) groups excluding carboxylic acids is 1. The Morgan fingerprint density at radius 2 is 2.17 bits per heavy atom. The normalized spacial score (nSPS) is 24.5. The predicted octanol–water partition coefficient (Wildman–Crippen LogP) is 5.36. The molecular weight excluding hydrogens is 260 g/mol. The van der Waals surface area contributed by atoms with Crippen molar-refractivity contribution in [3.63, 3.8) is 0 Å². The molecule has 0 aliphatic heterocycles. The second-order valence-electron chi connectivity index (χ2n) is 5.18. The fourth-order valence-electron chi connectivity index (χ4n) is 3.11. The Morgan fingerprint density at radius 3 is 2.94 bits per heavy atom. The Hall–Kier alpha value is -0.670. The van der Waals surface area contributed by atoms with E-state index in [1.165, 1.54) is 28.7 Å². The van der Waals surface area contributed by atoms with Crippen LogP contribution in [0, 0.1) is 11.8 Å². The largest absolute Gasteiger partial charge is 0.293 e. The molecule has 18 heavy (non-hydrogen) atoms. The fourth-order valence-corrected chi connectivity index (χ4v) is 5.22. The van der Waals surface area contributed by atoms with E-state index < -0.39 is 0 Å². The summed E-state index contributed by atoms with van der Waals surface area (Å²) in [7, 11) is 0. The molecule has 1 nitrogen and oxygen atoms in total. The standard InChI is InChI=1S/C15H18OS2/c1-2-10-5-3-4-6-11(10)15(16)14-9-13-12(18-14)7-8-17-13/h7-11H,2-6H2,1H3. The molecule has 1 saturated carbocycles. The fraction of sp³-hybridized carbons (Fsp3) is 0.533. The van der Waals surface area contributed by atoms with E-state index in [0.717, 1.165) is 17.7 Å². The van der Waals surface area contributed by atoms with Crippen molar-refractivity contribution >= 4 is 37.9 Å². The Morgan fingerprint density at radius 1 is 1.33 bits per heavy atom. The van der Waals surface area contributed by atoms with Gasteiger partial charge in [-0.25, -0.2) is 0 Å². The second kappa shape index (κ2) is 5.14. The lowest BCUT2D eigenvalue weighted by atomic mass is 9.75. The molecule has 2 atom stereocenters. The van der Waals surface area contributed by atoms with Crippen LogP contribution in [0.1, 0.15) is 48.7 Å². The number of ketones is 1. The van der Waals surface area contributed by atoms with Gasteiger partial charge in [0.2, 0.25) is 0 Å². The summed E-state index contributed by atoms with van der Waals surface area (Å²) in [6, 6.07) is 4.23. The van der Waals surface area contributed by atoms with Crippen molar-refractivity contribution in [2.24, 2.45) is 11.8 Å². The number of hydrogen-bond donors (Lipinski definition) is 0. The van der Waals surface area contributed by atoms with E-state index in [1.54, 1.807) is 22.7 Å². The first kappa shape index (κ1) is 12.4.